The first-order valence-electron chi connectivity index (χ1n) is 17.4. The Bertz CT molecular complexity index is 1470. The van der Waals surface area contributed by atoms with Gasteiger partial charge in [0.2, 0.25) is 11.8 Å². The van der Waals surface area contributed by atoms with E-state index >= 15 is 0 Å². The lowest BCUT2D eigenvalue weighted by atomic mass is 9.85. The number of nitrogens with two attached hydrogens (primary N) is 1. The van der Waals surface area contributed by atoms with Gasteiger partial charge in [0, 0.05) is 31.5 Å². The van der Waals surface area contributed by atoms with Gasteiger partial charge < -0.3 is 31.1 Å². The lowest BCUT2D eigenvalue weighted by molar-refractivity contribution is -0.145. The van der Waals surface area contributed by atoms with Crippen molar-refractivity contribution >= 4 is 34.8 Å². The fourth-order valence-electron chi connectivity index (χ4n) is 5.98. The summed E-state index contributed by atoms with van der Waals surface area (Å²) >= 11 is 1.49. The van der Waals surface area contributed by atoms with E-state index in [0.29, 0.717) is 24.3 Å². The van der Waals surface area contributed by atoms with Crippen LogP contribution in [-0.2, 0) is 25.7 Å². The third kappa shape index (κ3) is 10.5. The molecule has 1 unspecified atom stereocenters. The second-order valence-electron chi connectivity index (χ2n) is 14.4. The molecule has 0 spiro atoms. The SMILES string of the molecule is Cc1ncsc1-c1ccc(CNC(=O)C2C[C@@H](O)CN2C(=O)[C@@H](NC(=O)C2(F)CC2)C(C)(C)C)c(OCC(=O)CCCCCCCCN)c1. The van der Waals surface area contributed by atoms with E-state index in [-0.39, 0.29) is 44.7 Å². The van der Waals surface area contributed by atoms with Crippen molar-refractivity contribution < 1.29 is 33.4 Å². The number of likely N-dealkylation sites (tertiary alicyclic amines) is 1. The second-order valence-corrected chi connectivity index (χ2v) is 15.3. The van der Waals surface area contributed by atoms with Crippen LogP contribution >= 0.6 is 11.3 Å². The summed E-state index contributed by atoms with van der Waals surface area (Å²) in [5, 5.41) is 16.0. The zero-order valence-electron chi connectivity index (χ0n) is 29.2. The average Bonchev–Trinajstić information content (AvgIpc) is 3.46. The van der Waals surface area contributed by atoms with Gasteiger partial charge in [-0.3, -0.25) is 19.2 Å². The molecule has 1 aliphatic heterocycles. The molecule has 1 aromatic heterocycles. The number of hydrogen-bond donors (Lipinski definition) is 4. The highest BCUT2D eigenvalue weighted by Crippen LogP contribution is 2.40. The van der Waals surface area contributed by atoms with Crippen LogP contribution in [0.15, 0.2) is 23.7 Å². The number of benzene rings is 1. The van der Waals surface area contributed by atoms with Crippen molar-refractivity contribution in [3.63, 3.8) is 0 Å². The summed E-state index contributed by atoms with van der Waals surface area (Å²) in [5.41, 5.74) is 6.96. The molecule has 1 saturated heterocycles. The van der Waals surface area contributed by atoms with Crippen LogP contribution in [0.4, 0.5) is 4.39 Å². The zero-order chi connectivity index (χ0) is 35.8. The molecule has 2 heterocycles. The number of halogens is 1. The molecule has 2 fully saturated rings. The number of ether oxygens (including phenoxy) is 1. The maximum Gasteiger partial charge on any atom is 0.258 e. The van der Waals surface area contributed by atoms with Gasteiger partial charge in [0.15, 0.2) is 11.5 Å². The van der Waals surface area contributed by atoms with Gasteiger partial charge in [-0.1, -0.05) is 58.6 Å². The number of aliphatic hydroxyl groups is 1. The van der Waals surface area contributed by atoms with Crippen LogP contribution in [0.2, 0.25) is 0 Å². The van der Waals surface area contributed by atoms with E-state index in [2.05, 4.69) is 15.6 Å². The summed E-state index contributed by atoms with van der Waals surface area (Å²) in [4.78, 5) is 59.2. The summed E-state index contributed by atoms with van der Waals surface area (Å²) in [7, 11) is 0. The summed E-state index contributed by atoms with van der Waals surface area (Å²) in [6.07, 6.45) is 5.80. The molecule has 49 heavy (non-hydrogen) atoms. The van der Waals surface area contributed by atoms with Crippen LogP contribution in [0.5, 0.6) is 5.75 Å². The minimum atomic E-state index is -1.96. The van der Waals surface area contributed by atoms with Gasteiger partial charge in [0.25, 0.3) is 5.91 Å². The number of aryl methyl sites for hydroxylation is 1. The first-order valence-corrected chi connectivity index (χ1v) is 18.3. The Balaban J connectivity index is 1.42. The van der Waals surface area contributed by atoms with E-state index in [9.17, 15) is 28.7 Å². The number of alkyl halides is 1. The maximum absolute atomic E-state index is 14.5. The highest BCUT2D eigenvalue weighted by molar-refractivity contribution is 7.13. The van der Waals surface area contributed by atoms with Gasteiger partial charge in [-0.05, 0) is 56.2 Å². The van der Waals surface area contributed by atoms with E-state index in [1.165, 1.54) is 16.2 Å². The average molecular weight is 702 g/mol. The minimum Gasteiger partial charge on any atom is -0.485 e. The summed E-state index contributed by atoms with van der Waals surface area (Å²) < 4.78 is 20.6. The fraction of sp³-hybridized carbons (Fsp3) is 0.639. The summed E-state index contributed by atoms with van der Waals surface area (Å²) in [6, 6.07) is 3.49. The molecule has 0 bridgehead atoms. The molecular formula is C36H52FN5O6S. The van der Waals surface area contributed by atoms with Crippen LogP contribution in [0.1, 0.15) is 96.2 Å². The normalized spacial score (nSPS) is 19.0. The molecule has 1 aliphatic carbocycles. The number of nitrogens with one attached hydrogen (secondary N) is 2. The molecule has 4 rings (SSSR count). The molecule has 1 saturated carbocycles. The number of unbranched alkanes of at least 4 members (excludes halogenated alkanes) is 5. The van der Waals surface area contributed by atoms with Gasteiger partial charge in [-0.2, -0.15) is 0 Å². The zero-order valence-corrected chi connectivity index (χ0v) is 30.0. The molecular weight excluding hydrogens is 649 g/mol. The number of Topliss-reactive ketones (excluding diaryl/α,β-unsaturated/α-hetero) is 1. The lowest BCUT2D eigenvalue weighted by Crippen LogP contribution is -2.59. The molecule has 1 aromatic carbocycles. The van der Waals surface area contributed by atoms with Crippen molar-refractivity contribution in [2.75, 3.05) is 19.7 Å². The number of rotatable bonds is 18. The largest absolute Gasteiger partial charge is 0.485 e. The fourth-order valence-corrected chi connectivity index (χ4v) is 6.78. The van der Waals surface area contributed by atoms with Crippen LogP contribution in [0.3, 0.4) is 0 Å². The molecule has 2 aliphatic rings. The molecule has 0 radical (unpaired) electrons. The van der Waals surface area contributed by atoms with Gasteiger partial charge >= 0.3 is 0 Å². The Kier molecular flexibility index (Phi) is 13.3. The van der Waals surface area contributed by atoms with Gasteiger partial charge in [0.05, 0.1) is 22.2 Å². The lowest BCUT2D eigenvalue weighted by Gasteiger charge is -2.35. The van der Waals surface area contributed by atoms with E-state index in [1.807, 2.05) is 25.1 Å². The van der Waals surface area contributed by atoms with Crippen LogP contribution in [0, 0.1) is 12.3 Å². The number of thiazole rings is 1. The Morgan fingerprint density at radius 2 is 1.84 bits per heavy atom. The number of aliphatic hydroxyl groups excluding tert-OH is 1. The van der Waals surface area contributed by atoms with Crippen molar-refractivity contribution in [2.45, 2.75) is 122 Å². The van der Waals surface area contributed by atoms with Gasteiger partial charge in [0.1, 0.15) is 24.4 Å². The Labute approximate surface area is 292 Å². The quantitative estimate of drug-likeness (QED) is 0.167. The van der Waals surface area contributed by atoms with Crippen molar-refractivity contribution in [3.8, 4) is 16.2 Å². The highest BCUT2D eigenvalue weighted by Gasteiger charge is 2.53. The third-order valence-corrected chi connectivity index (χ3v) is 10.2. The summed E-state index contributed by atoms with van der Waals surface area (Å²) in [6.45, 7) is 7.74. The number of hydrogen-bond acceptors (Lipinski definition) is 9. The Morgan fingerprint density at radius 1 is 1.14 bits per heavy atom. The monoisotopic (exact) mass is 701 g/mol. The number of ketones is 1. The molecule has 2 aromatic rings. The van der Waals surface area contributed by atoms with Gasteiger partial charge in [-0.25, -0.2) is 9.37 Å². The standard InChI is InChI=1S/C36H52FN5O6S/c1-23-30(49-22-40-23)24-12-13-25(29(17-24)48-21-26(43)11-9-7-5-6-8-10-16-38)19-39-32(45)28-18-27(44)20-42(28)33(46)31(35(2,3)4)41-34(47)36(37)14-15-36/h12-13,17,22,27-28,31,44H,5-11,14-16,18-21,38H2,1-4H3,(H,39,45)(H,41,47)/t27-,28?,31-/m1/s1. The van der Waals surface area contributed by atoms with Crippen molar-refractivity contribution in [1.82, 2.24) is 20.5 Å². The number of carbonyl (C=O) groups is 4. The molecule has 5 N–H and O–H groups in total. The maximum atomic E-state index is 14.5. The van der Waals surface area contributed by atoms with E-state index in [4.69, 9.17) is 10.5 Å². The van der Waals surface area contributed by atoms with Crippen molar-refractivity contribution in [1.29, 1.82) is 0 Å². The van der Waals surface area contributed by atoms with Crippen molar-refractivity contribution in [3.05, 3.63) is 35.0 Å². The first kappa shape index (κ1) is 38.4. The van der Waals surface area contributed by atoms with E-state index in [1.54, 1.807) is 26.3 Å². The number of aromatic nitrogens is 1. The predicted molar refractivity (Wildman–Crippen MR) is 187 cm³/mol. The molecule has 11 nitrogen and oxygen atoms in total. The Morgan fingerprint density at radius 3 is 2.47 bits per heavy atom. The topological polar surface area (TPSA) is 164 Å². The van der Waals surface area contributed by atoms with Gasteiger partial charge in [-0.15, -0.1) is 11.3 Å². The second kappa shape index (κ2) is 17.0. The number of carbonyl (C=O) groups excluding carboxylic acids is 4. The minimum absolute atomic E-state index is 0.00808. The number of β-amino-alcohol motifs (C(OH)–C–C–N with tert-alkyl or cyclic N) is 1. The van der Waals surface area contributed by atoms with Crippen LogP contribution in [-0.4, -0.2) is 82.0 Å². The molecule has 3 amide bonds. The van der Waals surface area contributed by atoms with Crippen molar-refractivity contribution in [2.24, 2.45) is 11.1 Å². The molecule has 13 heteroatoms. The predicted octanol–water partition coefficient (Wildman–Crippen LogP) is 4.37. The Hall–Kier alpha value is -3.42. The third-order valence-electron chi connectivity index (χ3n) is 9.18. The van der Waals surface area contributed by atoms with E-state index < -0.39 is 47.0 Å². The number of nitrogens with zero attached hydrogens (tertiary/aromatic N) is 2. The highest BCUT2D eigenvalue weighted by atomic mass is 32.1. The van der Waals surface area contributed by atoms with E-state index in [0.717, 1.165) is 54.7 Å². The summed E-state index contributed by atoms with van der Waals surface area (Å²) in [5.74, 6) is -1.42. The smallest absolute Gasteiger partial charge is 0.258 e. The van der Waals surface area contributed by atoms with Crippen LogP contribution in [0.25, 0.3) is 10.4 Å². The first-order chi connectivity index (χ1) is 23.2. The molecule has 270 valence electrons. The number of amides is 3. The van der Waals surface area contributed by atoms with Crippen LogP contribution < -0.4 is 21.1 Å². The molecule has 3 atom stereocenters.